The molecule has 120 valence electrons. The van der Waals surface area contributed by atoms with Crippen LogP contribution in [0.15, 0.2) is 53.0 Å². The van der Waals surface area contributed by atoms with Crippen LogP contribution in [0.25, 0.3) is 0 Å². The minimum absolute atomic E-state index is 0.100. The second-order valence-electron chi connectivity index (χ2n) is 6.29. The van der Waals surface area contributed by atoms with Crippen molar-refractivity contribution in [2.75, 3.05) is 11.9 Å². The SMILES string of the molecule is Cc1ccc(NC(=O)NCC2(c3ccccc3)CCC2)c(Br)c1. The minimum Gasteiger partial charge on any atom is -0.337 e. The van der Waals surface area contributed by atoms with Gasteiger partial charge in [-0.05, 0) is 59.0 Å². The number of anilines is 1. The number of carbonyl (C=O) groups is 1. The lowest BCUT2D eigenvalue weighted by Gasteiger charge is -2.42. The second kappa shape index (κ2) is 6.75. The van der Waals surface area contributed by atoms with E-state index >= 15 is 0 Å². The quantitative estimate of drug-likeness (QED) is 0.778. The fraction of sp³-hybridized carbons (Fsp3) is 0.316. The summed E-state index contributed by atoms with van der Waals surface area (Å²) in [7, 11) is 0. The summed E-state index contributed by atoms with van der Waals surface area (Å²) in [6, 6.07) is 16.2. The molecule has 2 aromatic carbocycles. The molecule has 23 heavy (non-hydrogen) atoms. The second-order valence-corrected chi connectivity index (χ2v) is 7.15. The maximum Gasteiger partial charge on any atom is 0.319 e. The molecular formula is C19H21BrN2O. The molecule has 0 aliphatic heterocycles. The lowest BCUT2D eigenvalue weighted by molar-refractivity contribution is 0.222. The fourth-order valence-electron chi connectivity index (χ4n) is 3.10. The molecule has 3 rings (SSSR count). The van der Waals surface area contributed by atoms with Gasteiger partial charge >= 0.3 is 6.03 Å². The van der Waals surface area contributed by atoms with E-state index in [1.54, 1.807) is 0 Å². The third-order valence-electron chi connectivity index (χ3n) is 4.66. The highest BCUT2D eigenvalue weighted by Crippen LogP contribution is 2.43. The van der Waals surface area contributed by atoms with Crippen LogP contribution in [-0.4, -0.2) is 12.6 Å². The summed E-state index contributed by atoms with van der Waals surface area (Å²) in [6.45, 7) is 2.70. The Morgan fingerprint density at radius 2 is 1.91 bits per heavy atom. The van der Waals surface area contributed by atoms with E-state index < -0.39 is 0 Å². The maximum atomic E-state index is 12.2. The third-order valence-corrected chi connectivity index (χ3v) is 5.31. The molecule has 2 amide bonds. The van der Waals surface area contributed by atoms with Crippen molar-refractivity contribution in [1.82, 2.24) is 5.32 Å². The van der Waals surface area contributed by atoms with Crippen molar-refractivity contribution in [3.8, 4) is 0 Å². The number of hydrogen-bond acceptors (Lipinski definition) is 1. The van der Waals surface area contributed by atoms with Gasteiger partial charge in [0.15, 0.2) is 0 Å². The molecule has 0 atom stereocenters. The van der Waals surface area contributed by atoms with Crippen LogP contribution in [-0.2, 0) is 5.41 Å². The molecule has 1 fully saturated rings. The van der Waals surface area contributed by atoms with Crippen molar-refractivity contribution in [2.45, 2.75) is 31.6 Å². The molecule has 3 nitrogen and oxygen atoms in total. The minimum atomic E-state index is -0.156. The van der Waals surface area contributed by atoms with E-state index in [4.69, 9.17) is 0 Å². The van der Waals surface area contributed by atoms with Gasteiger partial charge in [-0.2, -0.15) is 0 Å². The first-order valence-corrected chi connectivity index (χ1v) is 8.75. The summed E-state index contributed by atoms with van der Waals surface area (Å²) in [5.74, 6) is 0. The number of urea groups is 1. The van der Waals surface area contributed by atoms with Gasteiger partial charge in [0.05, 0.1) is 5.69 Å². The Bertz CT molecular complexity index is 696. The van der Waals surface area contributed by atoms with Crippen LogP contribution in [0.4, 0.5) is 10.5 Å². The molecule has 0 bridgehead atoms. The normalized spacial score (nSPS) is 15.6. The van der Waals surface area contributed by atoms with Gasteiger partial charge in [-0.25, -0.2) is 4.79 Å². The van der Waals surface area contributed by atoms with Crippen molar-refractivity contribution in [3.05, 3.63) is 64.1 Å². The van der Waals surface area contributed by atoms with Gasteiger partial charge in [0.2, 0.25) is 0 Å². The summed E-state index contributed by atoms with van der Waals surface area (Å²) in [4.78, 5) is 12.2. The number of amides is 2. The first-order valence-electron chi connectivity index (χ1n) is 7.96. The van der Waals surface area contributed by atoms with Crippen LogP contribution in [0.2, 0.25) is 0 Å². The fourth-order valence-corrected chi connectivity index (χ4v) is 3.69. The molecular weight excluding hydrogens is 352 g/mol. The zero-order valence-electron chi connectivity index (χ0n) is 13.2. The largest absolute Gasteiger partial charge is 0.337 e. The van der Waals surface area contributed by atoms with Crippen molar-refractivity contribution in [1.29, 1.82) is 0 Å². The standard InChI is InChI=1S/C19H21BrN2O/c1-14-8-9-17(16(20)12-14)22-18(23)21-13-19(10-5-11-19)15-6-3-2-4-7-15/h2-4,6-9,12H,5,10-11,13H2,1H3,(H2,21,22,23). The average molecular weight is 373 g/mol. The van der Waals surface area contributed by atoms with E-state index in [0.717, 1.165) is 28.6 Å². The molecule has 1 aliphatic rings. The van der Waals surface area contributed by atoms with Gasteiger partial charge in [-0.1, -0.05) is 42.8 Å². The number of rotatable bonds is 4. The summed E-state index contributed by atoms with van der Waals surface area (Å²) < 4.78 is 0.897. The molecule has 0 radical (unpaired) electrons. The van der Waals surface area contributed by atoms with Crippen molar-refractivity contribution >= 4 is 27.6 Å². The van der Waals surface area contributed by atoms with Crippen molar-refractivity contribution in [2.24, 2.45) is 0 Å². The Morgan fingerprint density at radius 3 is 2.52 bits per heavy atom. The zero-order valence-corrected chi connectivity index (χ0v) is 14.8. The molecule has 0 unspecified atom stereocenters. The molecule has 0 aromatic heterocycles. The molecule has 1 saturated carbocycles. The highest BCUT2D eigenvalue weighted by Gasteiger charge is 2.38. The first-order chi connectivity index (χ1) is 11.1. The van der Waals surface area contributed by atoms with E-state index in [2.05, 4.69) is 50.8 Å². The Kier molecular flexibility index (Phi) is 4.71. The van der Waals surface area contributed by atoms with Crippen LogP contribution >= 0.6 is 15.9 Å². The number of nitrogens with one attached hydrogen (secondary N) is 2. The predicted molar refractivity (Wildman–Crippen MR) is 97.9 cm³/mol. The van der Waals surface area contributed by atoms with E-state index in [1.165, 1.54) is 12.0 Å². The number of hydrogen-bond donors (Lipinski definition) is 2. The molecule has 0 heterocycles. The maximum absolute atomic E-state index is 12.2. The Morgan fingerprint density at radius 1 is 1.17 bits per heavy atom. The van der Waals surface area contributed by atoms with Gasteiger partial charge in [0, 0.05) is 16.4 Å². The molecule has 0 saturated heterocycles. The van der Waals surface area contributed by atoms with E-state index in [9.17, 15) is 4.79 Å². The van der Waals surface area contributed by atoms with Gasteiger partial charge in [0.25, 0.3) is 0 Å². The van der Waals surface area contributed by atoms with Gasteiger partial charge < -0.3 is 10.6 Å². The summed E-state index contributed by atoms with van der Waals surface area (Å²) in [5.41, 5.74) is 3.36. The molecule has 2 N–H and O–H groups in total. The topological polar surface area (TPSA) is 41.1 Å². The summed E-state index contributed by atoms with van der Waals surface area (Å²) >= 11 is 3.49. The number of aryl methyl sites for hydroxylation is 1. The predicted octanol–water partition coefficient (Wildman–Crippen LogP) is 5.00. The third kappa shape index (κ3) is 3.58. The highest BCUT2D eigenvalue weighted by atomic mass is 79.9. The van der Waals surface area contributed by atoms with Crippen LogP contribution in [0.1, 0.15) is 30.4 Å². The van der Waals surface area contributed by atoms with Crippen LogP contribution in [0.5, 0.6) is 0 Å². The Balaban J connectivity index is 1.62. The smallest absolute Gasteiger partial charge is 0.319 e. The molecule has 2 aromatic rings. The van der Waals surface area contributed by atoms with Crippen LogP contribution in [0, 0.1) is 6.92 Å². The Hall–Kier alpha value is -1.81. The average Bonchev–Trinajstić information content (AvgIpc) is 2.50. The number of carbonyl (C=O) groups excluding carboxylic acids is 1. The van der Waals surface area contributed by atoms with E-state index in [-0.39, 0.29) is 11.4 Å². The van der Waals surface area contributed by atoms with E-state index in [0.29, 0.717) is 6.54 Å². The number of benzene rings is 2. The van der Waals surface area contributed by atoms with Crippen molar-refractivity contribution < 1.29 is 4.79 Å². The number of halogens is 1. The first kappa shape index (κ1) is 16.1. The monoisotopic (exact) mass is 372 g/mol. The van der Waals surface area contributed by atoms with Crippen molar-refractivity contribution in [3.63, 3.8) is 0 Å². The van der Waals surface area contributed by atoms with Gasteiger partial charge in [0.1, 0.15) is 0 Å². The van der Waals surface area contributed by atoms with Crippen LogP contribution in [0.3, 0.4) is 0 Å². The summed E-state index contributed by atoms with van der Waals surface area (Å²) in [6.07, 6.45) is 3.48. The van der Waals surface area contributed by atoms with Gasteiger partial charge in [-0.15, -0.1) is 0 Å². The highest BCUT2D eigenvalue weighted by molar-refractivity contribution is 9.10. The molecule has 0 spiro atoms. The summed E-state index contributed by atoms with van der Waals surface area (Å²) in [5, 5.41) is 5.96. The molecule has 1 aliphatic carbocycles. The lowest BCUT2D eigenvalue weighted by Crippen LogP contribution is -2.46. The lowest BCUT2D eigenvalue weighted by atomic mass is 9.64. The molecule has 4 heteroatoms. The van der Waals surface area contributed by atoms with E-state index in [1.807, 2.05) is 31.2 Å². The van der Waals surface area contributed by atoms with Crippen LogP contribution < -0.4 is 10.6 Å². The Labute approximate surface area is 145 Å². The zero-order chi connectivity index (χ0) is 16.3. The van der Waals surface area contributed by atoms with Gasteiger partial charge in [-0.3, -0.25) is 0 Å².